The smallest absolute Gasteiger partial charge is 0.123 e. The minimum absolute atomic E-state index is 0.0736. The van der Waals surface area contributed by atoms with Crippen molar-refractivity contribution >= 4 is 11.3 Å². The fraction of sp³-hybridized carbons (Fsp3) is 0.438. The molecule has 112 valence electrons. The fourth-order valence-corrected chi connectivity index (χ4v) is 3.42. The summed E-state index contributed by atoms with van der Waals surface area (Å²) in [5, 5.41) is 16.1. The Kier molecular flexibility index (Phi) is 3.82. The summed E-state index contributed by atoms with van der Waals surface area (Å²) in [5.74, 6) is -0.233. The predicted molar refractivity (Wildman–Crippen MR) is 82.5 cm³/mol. The molecule has 0 spiro atoms. The number of halogens is 1. The van der Waals surface area contributed by atoms with Crippen LogP contribution in [0.2, 0.25) is 0 Å². The van der Waals surface area contributed by atoms with Crippen molar-refractivity contribution in [1.82, 2.24) is 10.3 Å². The second-order valence-corrected chi connectivity index (χ2v) is 7.02. The highest BCUT2D eigenvalue weighted by atomic mass is 32.1. The molecule has 0 saturated heterocycles. The van der Waals surface area contributed by atoms with Gasteiger partial charge in [0.1, 0.15) is 10.8 Å². The molecule has 3 nitrogen and oxygen atoms in total. The molecule has 0 radical (unpaired) electrons. The summed E-state index contributed by atoms with van der Waals surface area (Å²) in [5.41, 5.74) is 1.85. The number of rotatable bonds is 4. The molecule has 1 aliphatic carbocycles. The molecule has 2 unspecified atom stereocenters. The van der Waals surface area contributed by atoms with Gasteiger partial charge in [0.2, 0.25) is 0 Å². The molecule has 0 amide bonds. The van der Waals surface area contributed by atoms with Gasteiger partial charge in [0.05, 0.1) is 11.8 Å². The third-order valence-electron chi connectivity index (χ3n) is 4.39. The summed E-state index contributed by atoms with van der Waals surface area (Å²) in [6, 6.07) is 6.72. The molecule has 5 heteroatoms. The summed E-state index contributed by atoms with van der Waals surface area (Å²) in [4.78, 5) is 4.58. The number of aliphatic hydroxyl groups excluding tert-OH is 1. The van der Waals surface area contributed by atoms with E-state index in [0.717, 1.165) is 22.7 Å². The molecule has 1 aromatic heterocycles. The van der Waals surface area contributed by atoms with Gasteiger partial charge in [-0.1, -0.05) is 13.8 Å². The van der Waals surface area contributed by atoms with Gasteiger partial charge >= 0.3 is 0 Å². The van der Waals surface area contributed by atoms with Crippen LogP contribution in [0.5, 0.6) is 0 Å². The van der Waals surface area contributed by atoms with Crippen LogP contribution in [-0.4, -0.2) is 22.2 Å². The van der Waals surface area contributed by atoms with E-state index < -0.39 is 0 Å². The molecule has 2 N–H and O–H groups in total. The number of nitrogens with zero attached hydrogens (tertiary/aromatic N) is 1. The number of aliphatic hydroxyl groups is 1. The monoisotopic (exact) mass is 306 g/mol. The summed E-state index contributed by atoms with van der Waals surface area (Å²) in [6.07, 6.45) is 0.572. The average molecular weight is 306 g/mol. The minimum atomic E-state index is -0.233. The quantitative estimate of drug-likeness (QED) is 0.912. The third kappa shape index (κ3) is 2.86. The lowest BCUT2D eigenvalue weighted by molar-refractivity contribution is -0.0730. The largest absolute Gasteiger partial charge is 0.392 e. The van der Waals surface area contributed by atoms with Crippen molar-refractivity contribution < 1.29 is 9.50 Å². The Morgan fingerprint density at radius 1 is 1.38 bits per heavy atom. The zero-order valence-corrected chi connectivity index (χ0v) is 13.0. The predicted octanol–water partition coefficient (Wildman–Crippen LogP) is 3.20. The van der Waals surface area contributed by atoms with Crippen LogP contribution in [0.15, 0.2) is 29.6 Å². The van der Waals surface area contributed by atoms with E-state index in [0.29, 0.717) is 12.6 Å². The Balaban J connectivity index is 1.62. The first kappa shape index (κ1) is 14.6. The van der Waals surface area contributed by atoms with Crippen LogP contribution in [0.1, 0.15) is 26.0 Å². The number of hydrogen-bond donors (Lipinski definition) is 2. The van der Waals surface area contributed by atoms with Crippen LogP contribution in [0.4, 0.5) is 4.39 Å². The van der Waals surface area contributed by atoms with Crippen LogP contribution >= 0.6 is 11.3 Å². The average Bonchev–Trinajstić information content (AvgIpc) is 2.93. The maximum absolute atomic E-state index is 12.9. The van der Waals surface area contributed by atoms with Crippen molar-refractivity contribution in [1.29, 1.82) is 0 Å². The molecule has 2 atom stereocenters. The SMILES string of the molecule is CC1(C)C(O)CC1NCc1csc(-c2ccc(F)cc2)n1. The van der Waals surface area contributed by atoms with Crippen LogP contribution in [0, 0.1) is 11.2 Å². The van der Waals surface area contributed by atoms with Crippen LogP contribution < -0.4 is 5.32 Å². The maximum atomic E-state index is 12.9. The molecule has 2 aromatic rings. The van der Waals surface area contributed by atoms with E-state index in [1.807, 2.05) is 5.38 Å². The van der Waals surface area contributed by atoms with E-state index in [-0.39, 0.29) is 17.3 Å². The second kappa shape index (κ2) is 5.48. The highest BCUT2D eigenvalue weighted by Crippen LogP contribution is 2.40. The molecule has 0 bridgehead atoms. The van der Waals surface area contributed by atoms with Gasteiger partial charge in [-0.3, -0.25) is 0 Å². The number of hydrogen-bond acceptors (Lipinski definition) is 4. The lowest BCUT2D eigenvalue weighted by atomic mass is 9.64. The van der Waals surface area contributed by atoms with Crippen LogP contribution in [-0.2, 0) is 6.54 Å². The first-order valence-corrected chi connectivity index (χ1v) is 7.96. The highest BCUT2D eigenvalue weighted by molar-refractivity contribution is 7.13. The normalized spacial score (nSPS) is 23.8. The third-order valence-corrected chi connectivity index (χ3v) is 5.33. The zero-order valence-electron chi connectivity index (χ0n) is 12.1. The zero-order chi connectivity index (χ0) is 15.0. The Hall–Kier alpha value is -1.30. The molecular formula is C16H19FN2OS. The Labute approximate surface area is 127 Å². The number of thiazole rings is 1. The minimum Gasteiger partial charge on any atom is -0.392 e. The first-order chi connectivity index (χ1) is 9.96. The Bertz CT molecular complexity index is 623. The number of benzene rings is 1. The summed E-state index contributed by atoms with van der Waals surface area (Å²) in [6.45, 7) is 4.84. The number of nitrogens with one attached hydrogen (secondary N) is 1. The molecule has 1 saturated carbocycles. The van der Waals surface area contributed by atoms with Gasteiger partial charge in [-0.2, -0.15) is 0 Å². The Morgan fingerprint density at radius 2 is 2.10 bits per heavy atom. The van der Waals surface area contributed by atoms with Gasteiger partial charge in [-0.05, 0) is 30.7 Å². The lowest BCUT2D eigenvalue weighted by Gasteiger charge is -2.49. The van der Waals surface area contributed by atoms with Crippen molar-refractivity contribution in [2.45, 2.75) is 39.0 Å². The molecule has 1 aliphatic rings. The van der Waals surface area contributed by atoms with Crippen molar-refractivity contribution in [3.05, 3.63) is 41.2 Å². The van der Waals surface area contributed by atoms with Crippen molar-refractivity contribution in [3.8, 4) is 10.6 Å². The second-order valence-electron chi connectivity index (χ2n) is 6.16. The molecule has 1 heterocycles. The van der Waals surface area contributed by atoms with E-state index in [4.69, 9.17) is 0 Å². The molecule has 21 heavy (non-hydrogen) atoms. The maximum Gasteiger partial charge on any atom is 0.123 e. The lowest BCUT2D eigenvalue weighted by Crippen LogP contribution is -2.59. The van der Waals surface area contributed by atoms with Gasteiger partial charge in [-0.15, -0.1) is 11.3 Å². The fourth-order valence-electron chi connectivity index (χ4n) is 2.59. The molecule has 0 aliphatic heterocycles. The van der Waals surface area contributed by atoms with Crippen molar-refractivity contribution in [2.75, 3.05) is 0 Å². The summed E-state index contributed by atoms with van der Waals surface area (Å²) >= 11 is 1.56. The van der Waals surface area contributed by atoms with Crippen LogP contribution in [0.3, 0.4) is 0 Å². The summed E-state index contributed by atoms with van der Waals surface area (Å²) < 4.78 is 12.9. The molecule has 1 fully saturated rings. The van der Waals surface area contributed by atoms with E-state index in [9.17, 15) is 9.50 Å². The Morgan fingerprint density at radius 3 is 2.71 bits per heavy atom. The highest BCUT2D eigenvalue weighted by Gasteiger charge is 2.46. The van der Waals surface area contributed by atoms with E-state index in [2.05, 4.69) is 24.1 Å². The standard InChI is InChI=1S/C16H19FN2OS/c1-16(2)13(7-14(16)20)18-8-12-9-21-15(19-12)10-3-5-11(17)6-4-10/h3-6,9,13-14,18,20H,7-8H2,1-2H3. The van der Waals surface area contributed by atoms with Crippen molar-refractivity contribution in [2.24, 2.45) is 5.41 Å². The molecular weight excluding hydrogens is 287 g/mol. The number of aromatic nitrogens is 1. The van der Waals surface area contributed by atoms with Gasteiger partial charge in [0.15, 0.2) is 0 Å². The molecule has 3 rings (SSSR count). The first-order valence-electron chi connectivity index (χ1n) is 7.08. The van der Waals surface area contributed by atoms with Gasteiger partial charge in [0.25, 0.3) is 0 Å². The molecule has 1 aromatic carbocycles. The summed E-state index contributed by atoms with van der Waals surface area (Å²) in [7, 11) is 0. The topological polar surface area (TPSA) is 45.1 Å². The van der Waals surface area contributed by atoms with Crippen molar-refractivity contribution in [3.63, 3.8) is 0 Å². The van der Waals surface area contributed by atoms with Gasteiger partial charge < -0.3 is 10.4 Å². The van der Waals surface area contributed by atoms with Gasteiger partial charge in [-0.25, -0.2) is 9.37 Å². The van der Waals surface area contributed by atoms with E-state index in [1.165, 1.54) is 12.1 Å². The van der Waals surface area contributed by atoms with Crippen LogP contribution in [0.25, 0.3) is 10.6 Å². The van der Waals surface area contributed by atoms with Gasteiger partial charge in [0, 0.05) is 28.9 Å². The van der Waals surface area contributed by atoms with E-state index >= 15 is 0 Å². The van der Waals surface area contributed by atoms with E-state index in [1.54, 1.807) is 23.5 Å².